The smallest absolute Gasteiger partial charge is 0.282 e. The number of methoxy groups -OCH3 is 1. The third-order valence-corrected chi connectivity index (χ3v) is 5.90. The zero-order valence-electron chi connectivity index (χ0n) is 16.8. The Morgan fingerprint density at radius 3 is 2.16 bits per heavy atom. The molecule has 0 atom stereocenters. The van der Waals surface area contributed by atoms with Crippen LogP contribution < -0.4 is 14.5 Å². The predicted octanol–water partition coefficient (Wildman–Crippen LogP) is 5.42. The van der Waals surface area contributed by atoms with E-state index in [9.17, 15) is 9.59 Å². The summed E-state index contributed by atoms with van der Waals surface area (Å²) in [5.74, 6) is -0.308. The van der Waals surface area contributed by atoms with Crippen LogP contribution in [0.25, 0.3) is 5.57 Å². The van der Waals surface area contributed by atoms with Crippen molar-refractivity contribution < 1.29 is 14.3 Å². The first kappa shape index (κ1) is 21.0. The summed E-state index contributed by atoms with van der Waals surface area (Å²) in [4.78, 5) is 29.9. The minimum absolute atomic E-state index is 0.142. The summed E-state index contributed by atoms with van der Waals surface area (Å²) >= 11 is 12.5. The third-order valence-electron chi connectivity index (χ3n) is 5.09. The normalized spacial score (nSPS) is 13.7. The van der Waals surface area contributed by atoms with Crippen LogP contribution in [0.4, 0.5) is 11.4 Å². The number of rotatable bonds is 5. The first-order chi connectivity index (χ1) is 14.9. The van der Waals surface area contributed by atoms with Crippen LogP contribution in [0, 0.1) is 0 Å². The van der Waals surface area contributed by atoms with Crippen molar-refractivity contribution in [3.05, 3.63) is 94.1 Å². The van der Waals surface area contributed by atoms with Crippen molar-refractivity contribution in [2.75, 3.05) is 24.0 Å². The van der Waals surface area contributed by atoms with Gasteiger partial charge in [-0.2, -0.15) is 0 Å². The van der Waals surface area contributed by atoms with Gasteiger partial charge in [0, 0.05) is 12.7 Å². The Kier molecular flexibility index (Phi) is 5.72. The van der Waals surface area contributed by atoms with Gasteiger partial charge >= 0.3 is 0 Å². The van der Waals surface area contributed by atoms with Crippen LogP contribution >= 0.6 is 23.2 Å². The van der Waals surface area contributed by atoms with Crippen LogP contribution in [0.15, 0.2) is 78.5 Å². The highest BCUT2D eigenvalue weighted by atomic mass is 35.5. The molecule has 156 valence electrons. The lowest BCUT2D eigenvalue weighted by Crippen LogP contribution is -2.34. The van der Waals surface area contributed by atoms with Crippen molar-refractivity contribution in [2.45, 2.75) is 0 Å². The standard InChI is InChI=1S/C24H18Cl2N2O3/c1-27(16-7-4-3-5-8-16)22-20(15-11-13-17(31-2)14-12-15)23(29)28(24(22)30)19-10-6-9-18(25)21(19)26/h3-14H,1-2H3. The number of para-hydroxylation sites is 1. The number of halogens is 2. The molecular weight excluding hydrogens is 435 g/mol. The lowest BCUT2D eigenvalue weighted by molar-refractivity contribution is -0.120. The van der Waals surface area contributed by atoms with E-state index in [1.54, 1.807) is 61.5 Å². The quantitative estimate of drug-likeness (QED) is 0.484. The molecule has 0 aliphatic carbocycles. The van der Waals surface area contributed by atoms with Crippen molar-refractivity contribution in [1.29, 1.82) is 0 Å². The van der Waals surface area contributed by atoms with E-state index in [0.717, 1.165) is 10.6 Å². The number of ether oxygens (including phenoxy) is 1. The molecule has 2 amide bonds. The molecule has 0 saturated carbocycles. The van der Waals surface area contributed by atoms with Crippen molar-refractivity contribution in [3.8, 4) is 5.75 Å². The number of likely N-dealkylation sites (N-methyl/N-ethyl adjacent to an activating group) is 1. The fraction of sp³-hybridized carbons (Fsp3) is 0.0833. The molecule has 0 spiro atoms. The highest BCUT2D eigenvalue weighted by Gasteiger charge is 2.43. The lowest BCUT2D eigenvalue weighted by atomic mass is 10.0. The molecule has 7 heteroatoms. The number of anilines is 2. The highest BCUT2D eigenvalue weighted by molar-refractivity contribution is 6.50. The van der Waals surface area contributed by atoms with Gasteiger partial charge in [-0.05, 0) is 42.0 Å². The Morgan fingerprint density at radius 2 is 1.52 bits per heavy atom. The Hall–Kier alpha value is -3.28. The first-order valence-electron chi connectivity index (χ1n) is 9.44. The van der Waals surface area contributed by atoms with Gasteiger partial charge in [-0.15, -0.1) is 0 Å². The summed E-state index contributed by atoms with van der Waals surface area (Å²) in [5, 5.41) is 0.402. The lowest BCUT2D eigenvalue weighted by Gasteiger charge is -2.22. The Labute approximate surface area is 190 Å². The van der Waals surface area contributed by atoms with Gasteiger partial charge in [-0.1, -0.05) is 59.6 Å². The maximum atomic E-state index is 13.6. The molecule has 1 aliphatic rings. The van der Waals surface area contributed by atoms with E-state index in [4.69, 9.17) is 27.9 Å². The van der Waals surface area contributed by atoms with Gasteiger partial charge < -0.3 is 9.64 Å². The minimum atomic E-state index is -0.480. The molecule has 3 aromatic rings. The molecule has 3 aromatic carbocycles. The zero-order chi connectivity index (χ0) is 22.1. The second-order valence-corrected chi connectivity index (χ2v) is 7.65. The number of carbonyl (C=O) groups is 2. The Morgan fingerprint density at radius 1 is 0.839 bits per heavy atom. The number of hydrogen-bond donors (Lipinski definition) is 0. The number of hydrogen-bond acceptors (Lipinski definition) is 4. The molecule has 0 bridgehead atoms. The third kappa shape index (κ3) is 3.67. The SMILES string of the molecule is COc1ccc(C2=C(N(C)c3ccccc3)C(=O)N(c3cccc(Cl)c3Cl)C2=O)cc1. The number of nitrogens with zero attached hydrogens (tertiary/aromatic N) is 2. The Bertz CT molecular complexity index is 1190. The van der Waals surface area contributed by atoms with E-state index in [1.807, 2.05) is 30.3 Å². The number of carbonyl (C=O) groups excluding carboxylic acids is 2. The number of benzene rings is 3. The summed E-state index contributed by atoms with van der Waals surface area (Å²) in [7, 11) is 3.32. The molecule has 0 saturated heterocycles. The summed E-state index contributed by atoms with van der Waals surface area (Å²) in [6, 6.07) is 21.2. The van der Waals surface area contributed by atoms with Gasteiger partial charge in [0.05, 0.1) is 28.4 Å². The molecule has 0 fully saturated rings. The van der Waals surface area contributed by atoms with Gasteiger partial charge in [-0.3, -0.25) is 9.59 Å². The molecule has 0 aromatic heterocycles. The van der Waals surface area contributed by atoms with Gasteiger partial charge in [0.25, 0.3) is 11.8 Å². The average Bonchev–Trinajstić information content (AvgIpc) is 3.06. The molecule has 1 aliphatic heterocycles. The molecule has 1 heterocycles. The van der Waals surface area contributed by atoms with E-state index in [0.29, 0.717) is 11.3 Å². The van der Waals surface area contributed by atoms with Gasteiger partial charge in [0.1, 0.15) is 11.4 Å². The average molecular weight is 453 g/mol. The van der Waals surface area contributed by atoms with E-state index < -0.39 is 11.8 Å². The van der Waals surface area contributed by atoms with Gasteiger partial charge in [0.2, 0.25) is 0 Å². The Balaban J connectivity index is 1.89. The van der Waals surface area contributed by atoms with Crippen LogP contribution in [-0.2, 0) is 9.59 Å². The van der Waals surface area contributed by atoms with Crippen molar-refractivity contribution in [2.24, 2.45) is 0 Å². The molecule has 4 rings (SSSR count). The van der Waals surface area contributed by atoms with Gasteiger partial charge in [0.15, 0.2) is 0 Å². The van der Waals surface area contributed by atoms with E-state index in [1.165, 1.54) is 0 Å². The molecule has 5 nitrogen and oxygen atoms in total. The maximum absolute atomic E-state index is 13.6. The van der Waals surface area contributed by atoms with Gasteiger partial charge in [-0.25, -0.2) is 4.90 Å². The molecular formula is C24H18Cl2N2O3. The topological polar surface area (TPSA) is 49.9 Å². The highest BCUT2D eigenvalue weighted by Crippen LogP contribution is 2.40. The van der Waals surface area contributed by atoms with Crippen molar-refractivity contribution in [3.63, 3.8) is 0 Å². The van der Waals surface area contributed by atoms with Crippen LogP contribution in [0.5, 0.6) is 5.75 Å². The number of imide groups is 1. The minimum Gasteiger partial charge on any atom is -0.497 e. The fourth-order valence-electron chi connectivity index (χ4n) is 3.51. The summed E-state index contributed by atoms with van der Waals surface area (Å²) in [5.41, 5.74) is 2.13. The second-order valence-electron chi connectivity index (χ2n) is 6.87. The van der Waals surface area contributed by atoms with E-state index >= 15 is 0 Å². The van der Waals surface area contributed by atoms with Crippen molar-refractivity contribution >= 4 is 52.0 Å². The summed E-state index contributed by atoms with van der Waals surface area (Å²) in [6.07, 6.45) is 0. The molecule has 31 heavy (non-hydrogen) atoms. The predicted molar refractivity (Wildman–Crippen MR) is 124 cm³/mol. The van der Waals surface area contributed by atoms with Crippen LogP contribution in [0.2, 0.25) is 10.0 Å². The monoisotopic (exact) mass is 452 g/mol. The van der Waals surface area contributed by atoms with E-state index in [-0.39, 0.29) is 27.0 Å². The molecule has 0 N–H and O–H groups in total. The van der Waals surface area contributed by atoms with Crippen LogP contribution in [0.3, 0.4) is 0 Å². The maximum Gasteiger partial charge on any atom is 0.282 e. The zero-order valence-corrected chi connectivity index (χ0v) is 18.3. The second kappa shape index (κ2) is 8.46. The first-order valence-corrected chi connectivity index (χ1v) is 10.2. The summed E-state index contributed by atoms with van der Waals surface area (Å²) in [6.45, 7) is 0. The fourth-order valence-corrected chi connectivity index (χ4v) is 3.89. The largest absolute Gasteiger partial charge is 0.497 e. The van der Waals surface area contributed by atoms with E-state index in [2.05, 4.69) is 0 Å². The molecule has 0 radical (unpaired) electrons. The van der Waals surface area contributed by atoms with Crippen LogP contribution in [0.1, 0.15) is 5.56 Å². The van der Waals surface area contributed by atoms with Crippen molar-refractivity contribution in [1.82, 2.24) is 0 Å². The molecule has 0 unspecified atom stereocenters. The summed E-state index contributed by atoms with van der Waals surface area (Å²) < 4.78 is 5.22. The number of amides is 2. The van der Waals surface area contributed by atoms with Crippen LogP contribution in [-0.4, -0.2) is 26.0 Å².